The van der Waals surface area contributed by atoms with Crippen molar-refractivity contribution in [3.63, 3.8) is 0 Å². The second-order valence-electron chi connectivity index (χ2n) is 6.72. The van der Waals surface area contributed by atoms with Gasteiger partial charge in [0, 0.05) is 10.6 Å². The molecule has 32 heavy (non-hydrogen) atoms. The molecule has 0 spiro atoms. The van der Waals surface area contributed by atoms with E-state index in [1.165, 1.54) is 42.2 Å². The Kier molecular flexibility index (Phi) is 8.39. The minimum Gasteiger partial charge on any atom is -0.484 e. The van der Waals surface area contributed by atoms with Crippen molar-refractivity contribution in [2.45, 2.75) is 17.1 Å². The lowest BCUT2D eigenvalue weighted by Crippen LogP contribution is -2.26. The molecule has 3 rings (SSSR count). The lowest BCUT2D eigenvalue weighted by atomic mass is 10.2. The van der Waals surface area contributed by atoms with Crippen LogP contribution in [0.25, 0.3) is 0 Å². The molecule has 6 nitrogen and oxygen atoms in total. The Morgan fingerprint density at radius 1 is 1.03 bits per heavy atom. The van der Waals surface area contributed by atoms with E-state index in [0.29, 0.717) is 11.4 Å². The number of thioether (sulfide) groups is 1. The van der Waals surface area contributed by atoms with Crippen molar-refractivity contribution in [2.75, 3.05) is 11.9 Å². The number of nitrogens with zero attached hydrogens (tertiary/aromatic N) is 1. The summed E-state index contributed by atoms with van der Waals surface area (Å²) >= 11 is 1.46. The van der Waals surface area contributed by atoms with Crippen LogP contribution in [-0.2, 0) is 9.59 Å². The SMILES string of the molecule is C[C@H](Sc1ccccc1)C(=O)N/N=C\c1ccc(OCC(=O)Nc2ccc(F)cc2)cc1. The number of rotatable bonds is 9. The van der Waals surface area contributed by atoms with E-state index in [9.17, 15) is 14.0 Å². The van der Waals surface area contributed by atoms with Gasteiger partial charge in [0.05, 0.1) is 11.5 Å². The van der Waals surface area contributed by atoms with Crippen LogP contribution >= 0.6 is 11.8 Å². The molecule has 8 heteroatoms. The average molecular weight is 452 g/mol. The standard InChI is InChI=1S/C24H22FN3O3S/c1-17(32-22-5-3-2-4-6-22)24(30)28-26-15-18-7-13-21(14-8-18)31-16-23(29)27-20-11-9-19(25)10-12-20/h2-15,17H,16H2,1H3,(H,27,29)(H,28,30)/b26-15-/t17-/m0/s1. The quantitative estimate of drug-likeness (QED) is 0.286. The number of hydrogen-bond acceptors (Lipinski definition) is 5. The number of amides is 2. The normalized spacial score (nSPS) is 11.7. The fourth-order valence-electron chi connectivity index (χ4n) is 2.55. The molecule has 0 saturated heterocycles. The van der Waals surface area contributed by atoms with Crippen molar-refractivity contribution in [2.24, 2.45) is 5.10 Å². The predicted octanol–water partition coefficient (Wildman–Crippen LogP) is 4.47. The highest BCUT2D eigenvalue weighted by atomic mass is 32.2. The summed E-state index contributed by atoms with van der Waals surface area (Å²) in [6.45, 7) is 1.64. The van der Waals surface area contributed by atoms with Crippen molar-refractivity contribution in [1.29, 1.82) is 0 Å². The molecule has 0 aliphatic heterocycles. The summed E-state index contributed by atoms with van der Waals surface area (Å²) < 4.78 is 18.3. The highest BCUT2D eigenvalue weighted by Gasteiger charge is 2.13. The summed E-state index contributed by atoms with van der Waals surface area (Å²) in [5.74, 6) is -0.411. The molecule has 0 unspecified atom stereocenters. The third-order valence-corrected chi connectivity index (χ3v) is 5.30. The number of hydrazone groups is 1. The number of benzene rings is 3. The van der Waals surface area contributed by atoms with Crippen LogP contribution in [0.2, 0.25) is 0 Å². The van der Waals surface area contributed by atoms with Gasteiger partial charge in [-0.25, -0.2) is 9.82 Å². The Balaban J connectivity index is 1.41. The highest BCUT2D eigenvalue weighted by molar-refractivity contribution is 8.00. The maximum atomic E-state index is 12.9. The van der Waals surface area contributed by atoms with Crippen molar-refractivity contribution < 1.29 is 18.7 Å². The predicted molar refractivity (Wildman–Crippen MR) is 124 cm³/mol. The van der Waals surface area contributed by atoms with Gasteiger partial charge in [-0.2, -0.15) is 5.10 Å². The fraction of sp³-hybridized carbons (Fsp3) is 0.125. The Hall–Kier alpha value is -3.65. The molecule has 0 radical (unpaired) electrons. The Morgan fingerprint density at radius 2 is 1.72 bits per heavy atom. The molecule has 0 aliphatic carbocycles. The van der Waals surface area contributed by atoms with Gasteiger partial charge in [0.2, 0.25) is 0 Å². The molecule has 0 aromatic heterocycles. The summed E-state index contributed by atoms with van der Waals surface area (Å²) in [6.07, 6.45) is 1.53. The maximum absolute atomic E-state index is 12.9. The van der Waals surface area contributed by atoms with E-state index in [2.05, 4.69) is 15.8 Å². The lowest BCUT2D eigenvalue weighted by molar-refractivity contribution is -0.120. The Morgan fingerprint density at radius 3 is 2.41 bits per heavy atom. The van der Waals surface area contributed by atoms with E-state index >= 15 is 0 Å². The Bertz CT molecular complexity index is 1060. The van der Waals surface area contributed by atoms with E-state index in [4.69, 9.17) is 4.74 Å². The molecule has 0 aliphatic rings. The van der Waals surface area contributed by atoms with Gasteiger partial charge in [-0.15, -0.1) is 11.8 Å². The van der Waals surface area contributed by atoms with Crippen LogP contribution in [0.15, 0.2) is 88.9 Å². The van der Waals surface area contributed by atoms with Crippen molar-refractivity contribution in [3.8, 4) is 5.75 Å². The molecule has 2 N–H and O–H groups in total. The molecule has 2 amide bonds. The number of carbonyl (C=O) groups is 2. The lowest BCUT2D eigenvalue weighted by Gasteiger charge is -2.09. The number of carbonyl (C=O) groups excluding carboxylic acids is 2. The molecule has 3 aromatic rings. The van der Waals surface area contributed by atoms with Gasteiger partial charge in [-0.3, -0.25) is 9.59 Å². The minimum absolute atomic E-state index is 0.183. The first-order chi connectivity index (χ1) is 15.5. The van der Waals surface area contributed by atoms with Crippen LogP contribution in [0.5, 0.6) is 5.75 Å². The first-order valence-electron chi connectivity index (χ1n) is 9.82. The average Bonchev–Trinajstić information content (AvgIpc) is 2.80. The summed E-state index contributed by atoms with van der Waals surface area (Å²) in [7, 11) is 0. The molecule has 0 heterocycles. The summed E-state index contributed by atoms with van der Waals surface area (Å²) in [5.41, 5.74) is 3.79. The second kappa shape index (κ2) is 11.7. The summed E-state index contributed by atoms with van der Waals surface area (Å²) in [5, 5.41) is 6.33. The van der Waals surface area contributed by atoms with Gasteiger partial charge in [0.15, 0.2) is 6.61 Å². The number of halogens is 1. The van der Waals surface area contributed by atoms with Gasteiger partial charge in [-0.05, 0) is 73.2 Å². The van der Waals surface area contributed by atoms with Gasteiger partial charge in [-0.1, -0.05) is 18.2 Å². The van der Waals surface area contributed by atoms with Crippen LogP contribution in [0, 0.1) is 5.82 Å². The van der Waals surface area contributed by atoms with Gasteiger partial charge >= 0.3 is 0 Å². The highest BCUT2D eigenvalue weighted by Crippen LogP contribution is 2.22. The smallest absolute Gasteiger partial charge is 0.262 e. The van der Waals surface area contributed by atoms with Crippen molar-refractivity contribution >= 4 is 35.5 Å². The molecule has 0 fully saturated rings. The van der Waals surface area contributed by atoms with Crippen molar-refractivity contribution in [3.05, 3.63) is 90.2 Å². The topological polar surface area (TPSA) is 79.8 Å². The number of ether oxygens (including phenoxy) is 1. The monoisotopic (exact) mass is 451 g/mol. The van der Waals surface area contributed by atoms with E-state index in [0.717, 1.165) is 10.5 Å². The molecule has 3 aromatic carbocycles. The fourth-order valence-corrected chi connectivity index (χ4v) is 3.43. The van der Waals surface area contributed by atoms with E-state index < -0.39 is 0 Å². The van der Waals surface area contributed by atoms with Crippen LogP contribution in [0.1, 0.15) is 12.5 Å². The summed E-state index contributed by atoms with van der Waals surface area (Å²) in [6, 6.07) is 22.1. The number of anilines is 1. The minimum atomic E-state index is -0.372. The Labute approximate surface area is 189 Å². The third kappa shape index (κ3) is 7.55. The van der Waals surface area contributed by atoms with Crippen molar-refractivity contribution in [1.82, 2.24) is 5.43 Å². The molecular weight excluding hydrogens is 429 g/mol. The molecule has 0 bridgehead atoms. The van der Waals surface area contributed by atoms with Gasteiger partial charge in [0.1, 0.15) is 11.6 Å². The number of hydrogen-bond donors (Lipinski definition) is 2. The van der Waals surface area contributed by atoms with E-state index in [-0.39, 0.29) is 29.5 Å². The maximum Gasteiger partial charge on any atom is 0.262 e. The molecule has 1 atom stereocenters. The van der Waals surface area contributed by atoms with E-state index in [1.54, 1.807) is 24.3 Å². The summed E-state index contributed by atoms with van der Waals surface area (Å²) in [4.78, 5) is 25.1. The zero-order valence-electron chi connectivity index (χ0n) is 17.3. The third-order valence-electron chi connectivity index (χ3n) is 4.19. The van der Waals surface area contributed by atoms with Crippen LogP contribution in [-0.4, -0.2) is 29.9 Å². The zero-order valence-corrected chi connectivity index (χ0v) is 18.1. The zero-order chi connectivity index (χ0) is 22.8. The van der Waals surface area contributed by atoms with Crippen LogP contribution in [0.3, 0.4) is 0 Å². The first-order valence-corrected chi connectivity index (χ1v) is 10.7. The van der Waals surface area contributed by atoms with Crippen LogP contribution < -0.4 is 15.5 Å². The van der Waals surface area contributed by atoms with Crippen LogP contribution in [0.4, 0.5) is 10.1 Å². The molecule has 164 valence electrons. The second-order valence-corrected chi connectivity index (χ2v) is 8.13. The molecule has 0 saturated carbocycles. The largest absolute Gasteiger partial charge is 0.484 e. The molecular formula is C24H22FN3O3S. The number of nitrogens with one attached hydrogen (secondary N) is 2. The van der Waals surface area contributed by atoms with Gasteiger partial charge in [0.25, 0.3) is 11.8 Å². The van der Waals surface area contributed by atoms with E-state index in [1.807, 2.05) is 37.3 Å². The van der Waals surface area contributed by atoms with Gasteiger partial charge < -0.3 is 10.1 Å². The first kappa shape index (κ1) is 23.0.